The summed E-state index contributed by atoms with van der Waals surface area (Å²) in [6.07, 6.45) is 4.87. The maximum Gasteiger partial charge on any atom is 0.120 e. The molecule has 0 aliphatic heterocycles. The van der Waals surface area contributed by atoms with Gasteiger partial charge in [0, 0.05) is 7.14 Å². The molecular weight excluding hydrogens is 558 g/mol. The second-order valence-electron chi connectivity index (χ2n) is 6.67. The second kappa shape index (κ2) is 10.5. The van der Waals surface area contributed by atoms with Gasteiger partial charge in [0.2, 0.25) is 0 Å². The first-order valence-electron chi connectivity index (χ1n) is 9.45. The van der Waals surface area contributed by atoms with Crippen molar-refractivity contribution in [1.82, 2.24) is 0 Å². The van der Waals surface area contributed by atoms with Crippen LogP contribution in [0.5, 0.6) is 5.75 Å². The zero-order valence-corrected chi connectivity index (χ0v) is 19.9. The van der Waals surface area contributed by atoms with E-state index in [0.29, 0.717) is 0 Å². The van der Waals surface area contributed by atoms with Crippen molar-refractivity contribution in [2.45, 2.75) is 32.6 Å². The number of hydrogen-bond acceptors (Lipinski definition) is 1. The van der Waals surface area contributed by atoms with Gasteiger partial charge in [-0.15, -0.1) is 0 Å². The van der Waals surface area contributed by atoms with Gasteiger partial charge in [0.05, 0.1) is 6.61 Å². The highest BCUT2D eigenvalue weighted by Gasteiger charge is 2.07. The largest absolute Gasteiger partial charge is 0.494 e. The van der Waals surface area contributed by atoms with Gasteiger partial charge in [-0.25, -0.2) is 0 Å². The zero-order valence-electron chi connectivity index (χ0n) is 15.6. The highest BCUT2D eigenvalue weighted by molar-refractivity contribution is 14.1. The van der Waals surface area contributed by atoms with Crippen molar-refractivity contribution in [3.63, 3.8) is 0 Å². The molecule has 3 aromatic rings. The van der Waals surface area contributed by atoms with Crippen LogP contribution in [-0.4, -0.2) is 6.61 Å². The van der Waals surface area contributed by atoms with E-state index in [1.165, 1.54) is 48.7 Å². The number of benzene rings is 3. The monoisotopic (exact) mass is 582 g/mol. The van der Waals surface area contributed by atoms with Crippen LogP contribution in [0.15, 0.2) is 66.7 Å². The van der Waals surface area contributed by atoms with Gasteiger partial charge in [-0.05, 0) is 116 Å². The van der Waals surface area contributed by atoms with Gasteiger partial charge >= 0.3 is 0 Å². The molecule has 0 unspecified atom stereocenters. The summed E-state index contributed by atoms with van der Waals surface area (Å²) in [6.45, 7) is 3.01. The van der Waals surface area contributed by atoms with E-state index in [1.807, 2.05) is 0 Å². The van der Waals surface area contributed by atoms with E-state index in [1.54, 1.807) is 0 Å². The maximum atomic E-state index is 6.12. The van der Waals surface area contributed by atoms with Gasteiger partial charge in [0.1, 0.15) is 5.75 Å². The molecule has 0 heterocycles. The summed E-state index contributed by atoms with van der Waals surface area (Å²) < 4.78 is 8.62. The van der Waals surface area contributed by atoms with E-state index in [0.717, 1.165) is 18.8 Å². The first kappa shape index (κ1) is 20.6. The third kappa shape index (κ3) is 6.21. The minimum absolute atomic E-state index is 0.780. The molecule has 0 saturated heterocycles. The number of rotatable bonds is 8. The molecule has 0 aliphatic rings. The fraction of sp³-hybridized carbons (Fsp3) is 0.250. The molecule has 0 aromatic heterocycles. The van der Waals surface area contributed by atoms with Gasteiger partial charge < -0.3 is 4.74 Å². The van der Waals surface area contributed by atoms with Crippen LogP contribution in [0.3, 0.4) is 0 Å². The topological polar surface area (TPSA) is 9.23 Å². The quantitative estimate of drug-likeness (QED) is 0.192. The Hall–Kier alpha value is -1.08. The third-order valence-electron chi connectivity index (χ3n) is 4.53. The molecule has 27 heavy (non-hydrogen) atoms. The standard InChI is InChI=1S/C24H24I2O/c1-2-3-4-5-14-27-24-16-20(18-6-10-22(25)11-7-18)15-21(17-24)19-8-12-23(26)13-9-19/h6-13,15-17H,2-5,14H2,1H3. The Morgan fingerprint density at radius 1 is 0.630 bits per heavy atom. The molecule has 3 heteroatoms. The highest BCUT2D eigenvalue weighted by Crippen LogP contribution is 2.32. The number of unbranched alkanes of at least 4 members (excludes halogenated alkanes) is 3. The van der Waals surface area contributed by atoms with E-state index in [-0.39, 0.29) is 0 Å². The molecule has 0 amide bonds. The molecule has 0 atom stereocenters. The van der Waals surface area contributed by atoms with Crippen LogP contribution in [-0.2, 0) is 0 Å². The highest BCUT2D eigenvalue weighted by atomic mass is 127. The molecule has 0 N–H and O–H groups in total. The van der Waals surface area contributed by atoms with Gasteiger partial charge in [0.15, 0.2) is 0 Å². The van der Waals surface area contributed by atoms with Crippen LogP contribution in [0.1, 0.15) is 32.6 Å². The minimum atomic E-state index is 0.780. The molecule has 0 fully saturated rings. The molecule has 0 saturated carbocycles. The second-order valence-corrected chi connectivity index (χ2v) is 9.16. The molecule has 140 valence electrons. The van der Waals surface area contributed by atoms with Crippen LogP contribution in [0.2, 0.25) is 0 Å². The Morgan fingerprint density at radius 3 is 1.63 bits per heavy atom. The summed E-state index contributed by atoms with van der Waals surface area (Å²) >= 11 is 4.69. The Bertz CT molecular complexity index is 791. The van der Waals surface area contributed by atoms with E-state index in [9.17, 15) is 0 Å². The van der Waals surface area contributed by atoms with Crippen LogP contribution in [0.25, 0.3) is 22.3 Å². The summed E-state index contributed by atoms with van der Waals surface area (Å²) in [4.78, 5) is 0. The van der Waals surface area contributed by atoms with Crippen molar-refractivity contribution in [3.8, 4) is 28.0 Å². The summed E-state index contributed by atoms with van der Waals surface area (Å²) in [5.74, 6) is 0.955. The van der Waals surface area contributed by atoms with Crippen LogP contribution in [0, 0.1) is 7.14 Å². The molecule has 3 aromatic carbocycles. The first-order valence-corrected chi connectivity index (χ1v) is 11.6. The number of halogens is 2. The van der Waals surface area contributed by atoms with Crippen molar-refractivity contribution >= 4 is 45.2 Å². The van der Waals surface area contributed by atoms with Crippen molar-refractivity contribution in [1.29, 1.82) is 0 Å². The predicted octanol–water partition coefficient (Wildman–Crippen LogP) is 8.19. The van der Waals surface area contributed by atoms with E-state index in [4.69, 9.17) is 4.74 Å². The lowest BCUT2D eigenvalue weighted by Crippen LogP contribution is -1.98. The normalized spacial score (nSPS) is 10.8. The smallest absolute Gasteiger partial charge is 0.120 e. The lowest BCUT2D eigenvalue weighted by Gasteiger charge is -2.12. The van der Waals surface area contributed by atoms with Gasteiger partial charge in [0.25, 0.3) is 0 Å². The van der Waals surface area contributed by atoms with Crippen molar-refractivity contribution in [3.05, 3.63) is 73.9 Å². The molecule has 0 bridgehead atoms. The Kier molecular flexibility index (Phi) is 8.00. The molecule has 1 nitrogen and oxygen atoms in total. The molecule has 0 spiro atoms. The van der Waals surface area contributed by atoms with E-state index < -0.39 is 0 Å². The van der Waals surface area contributed by atoms with Crippen molar-refractivity contribution in [2.75, 3.05) is 6.61 Å². The lowest BCUT2D eigenvalue weighted by molar-refractivity contribution is 0.305. The minimum Gasteiger partial charge on any atom is -0.494 e. The first-order chi connectivity index (χ1) is 13.2. The fourth-order valence-corrected chi connectivity index (χ4v) is 3.74. The summed E-state index contributed by atoms with van der Waals surface area (Å²) in [7, 11) is 0. The third-order valence-corrected chi connectivity index (χ3v) is 5.97. The van der Waals surface area contributed by atoms with E-state index >= 15 is 0 Å². The summed E-state index contributed by atoms with van der Waals surface area (Å²) in [5.41, 5.74) is 4.84. The number of ether oxygens (including phenoxy) is 1. The average molecular weight is 582 g/mol. The van der Waals surface area contributed by atoms with Crippen molar-refractivity contribution in [2.24, 2.45) is 0 Å². The van der Waals surface area contributed by atoms with E-state index in [2.05, 4.69) is 119 Å². The Labute approximate surface area is 189 Å². The molecule has 3 rings (SSSR count). The van der Waals surface area contributed by atoms with Gasteiger partial charge in [-0.2, -0.15) is 0 Å². The lowest BCUT2D eigenvalue weighted by atomic mass is 9.98. The SMILES string of the molecule is CCCCCCOc1cc(-c2ccc(I)cc2)cc(-c2ccc(I)cc2)c1. The summed E-state index contributed by atoms with van der Waals surface area (Å²) in [5, 5.41) is 0. The summed E-state index contributed by atoms with van der Waals surface area (Å²) in [6, 6.07) is 23.9. The zero-order chi connectivity index (χ0) is 19.1. The maximum absolute atomic E-state index is 6.12. The predicted molar refractivity (Wildman–Crippen MR) is 132 cm³/mol. The van der Waals surface area contributed by atoms with Crippen LogP contribution >= 0.6 is 45.2 Å². The molecular formula is C24H24I2O. The van der Waals surface area contributed by atoms with Crippen LogP contribution < -0.4 is 4.74 Å². The Morgan fingerprint density at radius 2 is 1.15 bits per heavy atom. The fourth-order valence-electron chi connectivity index (χ4n) is 3.02. The number of hydrogen-bond donors (Lipinski definition) is 0. The average Bonchev–Trinajstić information content (AvgIpc) is 2.69. The molecule has 0 radical (unpaired) electrons. The van der Waals surface area contributed by atoms with Gasteiger partial charge in [-0.1, -0.05) is 50.5 Å². The Balaban J connectivity index is 1.89. The molecule has 0 aliphatic carbocycles. The van der Waals surface area contributed by atoms with Gasteiger partial charge in [-0.3, -0.25) is 0 Å². The van der Waals surface area contributed by atoms with Crippen molar-refractivity contribution < 1.29 is 4.74 Å². The van der Waals surface area contributed by atoms with Crippen LogP contribution in [0.4, 0.5) is 0 Å².